The lowest BCUT2D eigenvalue weighted by molar-refractivity contribution is 0.0289. The van der Waals surface area contributed by atoms with Gasteiger partial charge in [-0.15, -0.1) is 0 Å². The monoisotopic (exact) mass is 318 g/mol. The zero-order valence-corrected chi connectivity index (χ0v) is 13.9. The molecule has 3 rings (SSSR count). The van der Waals surface area contributed by atoms with Crippen LogP contribution in [-0.4, -0.2) is 44.2 Å². The van der Waals surface area contributed by atoms with E-state index >= 15 is 0 Å². The number of hydrogen-bond acceptors (Lipinski definition) is 4. The highest BCUT2D eigenvalue weighted by atomic mass is 16.6. The number of pyridine rings is 1. The third kappa shape index (κ3) is 3.09. The molecule has 1 fully saturated rings. The molecule has 1 aliphatic heterocycles. The van der Waals surface area contributed by atoms with Crippen LogP contribution < -0.4 is 5.69 Å². The third-order valence-corrected chi connectivity index (χ3v) is 3.87. The van der Waals surface area contributed by atoms with Crippen molar-refractivity contribution in [3.8, 4) is 0 Å². The van der Waals surface area contributed by atoms with Gasteiger partial charge in [0.05, 0.1) is 11.6 Å². The largest absolute Gasteiger partial charge is 0.444 e. The summed E-state index contributed by atoms with van der Waals surface area (Å²) in [5.41, 5.74) is 1.65. The van der Waals surface area contributed by atoms with E-state index in [2.05, 4.69) is 9.97 Å². The number of imidazole rings is 1. The summed E-state index contributed by atoms with van der Waals surface area (Å²) in [6.45, 7) is 8.49. The Morgan fingerprint density at radius 3 is 2.87 bits per heavy atom. The predicted octanol–water partition coefficient (Wildman–Crippen LogP) is 2.21. The highest BCUT2D eigenvalue weighted by Crippen LogP contribution is 2.25. The fourth-order valence-corrected chi connectivity index (χ4v) is 2.90. The Hall–Kier alpha value is -2.31. The van der Waals surface area contributed by atoms with E-state index in [-0.39, 0.29) is 17.8 Å². The Bertz CT molecular complexity index is 800. The Morgan fingerprint density at radius 1 is 1.43 bits per heavy atom. The molecule has 0 aliphatic carbocycles. The van der Waals surface area contributed by atoms with Crippen molar-refractivity contribution < 1.29 is 9.53 Å². The van der Waals surface area contributed by atoms with Crippen LogP contribution in [0, 0.1) is 6.92 Å². The van der Waals surface area contributed by atoms with Gasteiger partial charge in [0.2, 0.25) is 0 Å². The maximum atomic E-state index is 12.3. The highest BCUT2D eigenvalue weighted by molar-refractivity contribution is 5.72. The molecule has 1 amide bonds. The van der Waals surface area contributed by atoms with Crippen LogP contribution in [0.25, 0.3) is 11.2 Å². The number of aromatic amines is 1. The van der Waals surface area contributed by atoms with Gasteiger partial charge in [0.25, 0.3) is 0 Å². The summed E-state index contributed by atoms with van der Waals surface area (Å²) in [5.74, 6) is 0. The second kappa shape index (κ2) is 5.40. The van der Waals surface area contributed by atoms with Crippen molar-refractivity contribution in [2.24, 2.45) is 0 Å². The molecule has 1 saturated heterocycles. The lowest BCUT2D eigenvalue weighted by Gasteiger charge is -2.24. The fraction of sp³-hybridized carbons (Fsp3) is 0.562. The van der Waals surface area contributed by atoms with Gasteiger partial charge >= 0.3 is 11.8 Å². The SMILES string of the molecule is Cc1cnc2c(c1)[nH]c(=O)n2[C@H]1CCN(C(=O)OC(C)(C)C)C1. The molecular weight excluding hydrogens is 296 g/mol. The molecule has 0 radical (unpaired) electrons. The number of likely N-dealkylation sites (tertiary alicyclic amines) is 1. The molecule has 0 spiro atoms. The quantitative estimate of drug-likeness (QED) is 0.874. The molecule has 3 heterocycles. The van der Waals surface area contributed by atoms with E-state index in [0.717, 1.165) is 11.1 Å². The zero-order chi connectivity index (χ0) is 16.8. The van der Waals surface area contributed by atoms with Crippen LogP contribution in [0.4, 0.5) is 4.79 Å². The molecule has 1 aliphatic rings. The van der Waals surface area contributed by atoms with Crippen LogP contribution in [0.5, 0.6) is 0 Å². The lowest BCUT2D eigenvalue weighted by Crippen LogP contribution is -2.36. The van der Waals surface area contributed by atoms with E-state index in [9.17, 15) is 9.59 Å². The van der Waals surface area contributed by atoms with Gasteiger partial charge in [0, 0.05) is 19.3 Å². The van der Waals surface area contributed by atoms with Crippen LogP contribution in [0.3, 0.4) is 0 Å². The fourth-order valence-electron chi connectivity index (χ4n) is 2.90. The van der Waals surface area contributed by atoms with Crippen LogP contribution in [0.15, 0.2) is 17.1 Å². The predicted molar refractivity (Wildman–Crippen MR) is 86.6 cm³/mol. The first-order chi connectivity index (χ1) is 10.7. The number of ether oxygens (including phenoxy) is 1. The van der Waals surface area contributed by atoms with Crippen molar-refractivity contribution >= 4 is 17.3 Å². The minimum atomic E-state index is -0.522. The minimum absolute atomic E-state index is 0.0843. The molecular formula is C16H22N4O3. The van der Waals surface area contributed by atoms with Crippen molar-refractivity contribution in [3.63, 3.8) is 0 Å². The van der Waals surface area contributed by atoms with Crippen molar-refractivity contribution in [1.82, 2.24) is 19.4 Å². The van der Waals surface area contributed by atoms with Gasteiger partial charge in [-0.2, -0.15) is 0 Å². The first-order valence-electron chi connectivity index (χ1n) is 7.79. The summed E-state index contributed by atoms with van der Waals surface area (Å²) in [7, 11) is 0. The topological polar surface area (TPSA) is 80.2 Å². The van der Waals surface area contributed by atoms with E-state index in [0.29, 0.717) is 25.2 Å². The van der Waals surface area contributed by atoms with E-state index in [1.165, 1.54) is 0 Å². The molecule has 23 heavy (non-hydrogen) atoms. The number of rotatable bonds is 1. The number of nitrogens with zero attached hydrogens (tertiary/aromatic N) is 3. The van der Waals surface area contributed by atoms with Crippen molar-refractivity contribution in [3.05, 3.63) is 28.3 Å². The Balaban J connectivity index is 1.83. The number of aromatic nitrogens is 3. The third-order valence-electron chi connectivity index (χ3n) is 3.87. The highest BCUT2D eigenvalue weighted by Gasteiger charge is 2.32. The number of carbonyl (C=O) groups is 1. The first kappa shape index (κ1) is 15.6. The summed E-state index contributed by atoms with van der Waals surface area (Å²) in [6, 6.07) is 1.82. The van der Waals surface area contributed by atoms with Crippen LogP contribution in [0.2, 0.25) is 0 Å². The average Bonchev–Trinajstić information content (AvgIpc) is 2.99. The molecule has 0 bridgehead atoms. The first-order valence-corrected chi connectivity index (χ1v) is 7.79. The Morgan fingerprint density at radius 2 is 2.17 bits per heavy atom. The number of aryl methyl sites for hydroxylation is 1. The van der Waals surface area contributed by atoms with Crippen LogP contribution in [0.1, 0.15) is 38.8 Å². The molecule has 2 aromatic rings. The van der Waals surface area contributed by atoms with Gasteiger partial charge in [-0.05, 0) is 45.7 Å². The van der Waals surface area contributed by atoms with Gasteiger partial charge in [0.15, 0.2) is 5.65 Å². The number of carbonyl (C=O) groups excluding carboxylic acids is 1. The van der Waals surface area contributed by atoms with E-state index in [1.807, 2.05) is 33.8 Å². The number of fused-ring (bicyclic) bond motifs is 1. The van der Waals surface area contributed by atoms with E-state index < -0.39 is 5.60 Å². The summed E-state index contributed by atoms with van der Waals surface area (Å²) in [6.07, 6.45) is 2.12. The number of H-pyrrole nitrogens is 1. The van der Waals surface area contributed by atoms with Gasteiger partial charge in [-0.25, -0.2) is 14.6 Å². The summed E-state index contributed by atoms with van der Waals surface area (Å²) >= 11 is 0. The standard InChI is InChI=1S/C16H22N4O3/c1-10-7-12-13(17-8-10)20(14(21)18-12)11-5-6-19(9-11)15(22)23-16(2,3)4/h7-8,11H,5-6,9H2,1-4H3,(H,18,21)/t11-/m0/s1. The maximum Gasteiger partial charge on any atom is 0.410 e. The molecule has 0 aromatic carbocycles. The minimum Gasteiger partial charge on any atom is -0.444 e. The molecule has 1 N–H and O–H groups in total. The molecule has 7 nitrogen and oxygen atoms in total. The van der Waals surface area contributed by atoms with Gasteiger partial charge in [-0.3, -0.25) is 4.57 Å². The lowest BCUT2D eigenvalue weighted by atomic mass is 10.2. The number of amides is 1. The summed E-state index contributed by atoms with van der Waals surface area (Å²) in [4.78, 5) is 33.3. The smallest absolute Gasteiger partial charge is 0.410 e. The molecule has 2 aromatic heterocycles. The Labute approximate surface area is 134 Å². The normalized spacial score (nSPS) is 18.6. The second-order valence-electron chi connectivity index (χ2n) is 7.05. The number of nitrogens with one attached hydrogen (secondary N) is 1. The second-order valence-corrected chi connectivity index (χ2v) is 7.05. The van der Waals surface area contributed by atoms with E-state index in [1.54, 1.807) is 15.7 Å². The van der Waals surface area contributed by atoms with Crippen molar-refractivity contribution in [1.29, 1.82) is 0 Å². The van der Waals surface area contributed by atoms with Crippen LogP contribution >= 0.6 is 0 Å². The van der Waals surface area contributed by atoms with Crippen LogP contribution in [-0.2, 0) is 4.74 Å². The molecule has 124 valence electrons. The van der Waals surface area contributed by atoms with E-state index in [4.69, 9.17) is 4.74 Å². The summed E-state index contributed by atoms with van der Waals surface area (Å²) in [5, 5.41) is 0. The zero-order valence-electron chi connectivity index (χ0n) is 13.9. The van der Waals surface area contributed by atoms with Crippen molar-refractivity contribution in [2.45, 2.75) is 45.8 Å². The molecule has 0 unspecified atom stereocenters. The Kier molecular flexibility index (Phi) is 3.66. The summed E-state index contributed by atoms with van der Waals surface area (Å²) < 4.78 is 7.05. The van der Waals surface area contributed by atoms with Gasteiger partial charge in [0.1, 0.15) is 5.60 Å². The van der Waals surface area contributed by atoms with Gasteiger partial charge < -0.3 is 14.6 Å². The molecule has 1 atom stereocenters. The number of hydrogen-bond donors (Lipinski definition) is 1. The average molecular weight is 318 g/mol. The molecule has 0 saturated carbocycles. The maximum absolute atomic E-state index is 12.3. The van der Waals surface area contributed by atoms with Gasteiger partial charge in [-0.1, -0.05) is 0 Å². The molecule has 7 heteroatoms. The van der Waals surface area contributed by atoms with Crippen molar-refractivity contribution in [2.75, 3.05) is 13.1 Å².